The Morgan fingerprint density at radius 3 is 2.62 bits per heavy atom. The molecule has 0 aliphatic heterocycles. The van der Waals surface area contributed by atoms with Gasteiger partial charge in [0, 0.05) is 13.0 Å². The van der Waals surface area contributed by atoms with E-state index in [9.17, 15) is 22.8 Å². The van der Waals surface area contributed by atoms with Gasteiger partial charge >= 0.3 is 12.1 Å². The molecule has 1 N–H and O–H groups in total. The molecule has 7 heteroatoms. The highest BCUT2D eigenvalue weighted by molar-refractivity contribution is 5.78. The molecule has 0 heterocycles. The fourth-order valence-corrected chi connectivity index (χ4v) is 1.67. The molecule has 1 aromatic carbocycles. The Labute approximate surface area is 120 Å². The van der Waals surface area contributed by atoms with Crippen LogP contribution in [0.1, 0.15) is 24.0 Å². The molecular weight excluding hydrogens is 287 g/mol. The van der Waals surface area contributed by atoms with E-state index < -0.39 is 11.7 Å². The van der Waals surface area contributed by atoms with Crippen molar-refractivity contribution in [3.8, 4) is 0 Å². The first kappa shape index (κ1) is 17.0. The number of benzene rings is 1. The van der Waals surface area contributed by atoms with Gasteiger partial charge in [-0.05, 0) is 18.1 Å². The topological polar surface area (TPSA) is 55.4 Å². The molecule has 0 fully saturated rings. The SMILES string of the molecule is COC(=O)CCCNC(=O)Cc1cccc(C(F)(F)F)c1. The van der Waals surface area contributed by atoms with Crippen LogP contribution >= 0.6 is 0 Å². The molecule has 0 atom stereocenters. The first-order valence-corrected chi connectivity index (χ1v) is 6.32. The maximum absolute atomic E-state index is 12.5. The van der Waals surface area contributed by atoms with Crippen LogP contribution in [0.4, 0.5) is 13.2 Å². The van der Waals surface area contributed by atoms with Gasteiger partial charge in [0.15, 0.2) is 0 Å². The predicted molar refractivity (Wildman–Crippen MR) is 69.4 cm³/mol. The van der Waals surface area contributed by atoms with E-state index in [2.05, 4.69) is 10.1 Å². The maximum atomic E-state index is 12.5. The van der Waals surface area contributed by atoms with Crippen molar-refractivity contribution in [3.05, 3.63) is 35.4 Å². The van der Waals surface area contributed by atoms with E-state index in [1.54, 1.807) is 0 Å². The minimum absolute atomic E-state index is 0.137. The predicted octanol–water partition coefficient (Wildman–Crippen LogP) is 2.32. The highest BCUT2D eigenvalue weighted by Crippen LogP contribution is 2.29. The lowest BCUT2D eigenvalue weighted by Gasteiger charge is -2.09. The average molecular weight is 303 g/mol. The van der Waals surface area contributed by atoms with Gasteiger partial charge in [0.05, 0.1) is 19.1 Å². The zero-order valence-electron chi connectivity index (χ0n) is 11.5. The summed E-state index contributed by atoms with van der Waals surface area (Å²) >= 11 is 0. The van der Waals surface area contributed by atoms with Crippen LogP contribution in [-0.2, 0) is 26.9 Å². The summed E-state index contributed by atoms with van der Waals surface area (Å²) in [7, 11) is 1.27. The van der Waals surface area contributed by atoms with Crippen molar-refractivity contribution in [3.63, 3.8) is 0 Å². The highest BCUT2D eigenvalue weighted by Gasteiger charge is 2.30. The van der Waals surface area contributed by atoms with Crippen molar-refractivity contribution in [2.45, 2.75) is 25.4 Å². The smallest absolute Gasteiger partial charge is 0.416 e. The number of hydrogen-bond acceptors (Lipinski definition) is 3. The molecule has 21 heavy (non-hydrogen) atoms. The summed E-state index contributed by atoms with van der Waals surface area (Å²) in [6.45, 7) is 0.271. The lowest BCUT2D eigenvalue weighted by atomic mass is 10.1. The molecule has 0 saturated heterocycles. The second kappa shape index (κ2) is 7.66. The van der Waals surface area contributed by atoms with E-state index in [-0.39, 0.29) is 36.8 Å². The number of halogens is 3. The van der Waals surface area contributed by atoms with Gasteiger partial charge < -0.3 is 10.1 Å². The molecule has 0 aromatic heterocycles. The van der Waals surface area contributed by atoms with Gasteiger partial charge in [-0.2, -0.15) is 13.2 Å². The van der Waals surface area contributed by atoms with E-state index in [1.807, 2.05) is 0 Å². The number of alkyl halides is 3. The van der Waals surface area contributed by atoms with E-state index in [4.69, 9.17) is 0 Å². The number of carbonyl (C=O) groups is 2. The standard InChI is InChI=1S/C14H16F3NO3/c1-21-13(20)6-3-7-18-12(19)9-10-4-2-5-11(8-10)14(15,16)17/h2,4-5,8H,3,6-7,9H2,1H3,(H,18,19). The normalized spacial score (nSPS) is 11.0. The molecule has 0 radical (unpaired) electrons. The van der Waals surface area contributed by atoms with Crippen molar-refractivity contribution in [1.29, 1.82) is 0 Å². The number of rotatable bonds is 6. The van der Waals surface area contributed by atoms with E-state index in [0.29, 0.717) is 6.42 Å². The average Bonchev–Trinajstić information content (AvgIpc) is 2.42. The van der Waals surface area contributed by atoms with E-state index >= 15 is 0 Å². The van der Waals surface area contributed by atoms with Crippen LogP contribution in [0.15, 0.2) is 24.3 Å². The molecule has 1 rings (SSSR count). The molecule has 4 nitrogen and oxygen atoms in total. The zero-order valence-corrected chi connectivity index (χ0v) is 11.5. The Balaban J connectivity index is 2.43. The molecule has 0 saturated carbocycles. The summed E-state index contributed by atoms with van der Waals surface area (Å²) in [5, 5.41) is 2.54. The highest BCUT2D eigenvalue weighted by atomic mass is 19.4. The molecule has 0 aliphatic rings. The molecular formula is C14H16F3NO3. The number of ether oxygens (including phenoxy) is 1. The number of nitrogens with one attached hydrogen (secondary N) is 1. The monoisotopic (exact) mass is 303 g/mol. The Hall–Kier alpha value is -2.05. The van der Waals surface area contributed by atoms with Crippen LogP contribution in [-0.4, -0.2) is 25.5 Å². The maximum Gasteiger partial charge on any atom is 0.416 e. The summed E-state index contributed by atoms with van der Waals surface area (Å²) < 4.78 is 42.0. The van der Waals surface area contributed by atoms with Crippen LogP contribution in [0.5, 0.6) is 0 Å². The van der Waals surface area contributed by atoms with Gasteiger partial charge in [-0.1, -0.05) is 18.2 Å². The lowest BCUT2D eigenvalue weighted by Crippen LogP contribution is -2.26. The third-order valence-corrected chi connectivity index (χ3v) is 2.73. The van der Waals surface area contributed by atoms with Crippen LogP contribution in [0, 0.1) is 0 Å². The second-order valence-corrected chi connectivity index (χ2v) is 4.40. The number of hydrogen-bond donors (Lipinski definition) is 1. The molecule has 0 unspecified atom stereocenters. The first-order valence-electron chi connectivity index (χ1n) is 6.32. The Kier molecular flexibility index (Phi) is 6.20. The number of methoxy groups -OCH3 is 1. The third kappa shape index (κ3) is 6.29. The summed E-state index contributed by atoms with van der Waals surface area (Å²) in [5.41, 5.74) is -0.492. The van der Waals surface area contributed by atoms with Crippen LogP contribution in [0.3, 0.4) is 0 Å². The quantitative estimate of drug-likeness (QED) is 0.648. The summed E-state index contributed by atoms with van der Waals surface area (Å²) in [4.78, 5) is 22.4. The molecule has 1 aromatic rings. The van der Waals surface area contributed by atoms with E-state index in [1.165, 1.54) is 19.2 Å². The minimum Gasteiger partial charge on any atom is -0.469 e. The van der Waals surface area contributed by atoms with Crippen molar-refractivity contribution < 1.29 is 27.5 Å². The molecule has 0 bridgehead atoms. The van der Waals surface area contributed by atoms with Gasteiger partial charge in [0.25, 0.3) is 0 Å². The van der Waals surface area contributed by atoms with Gasteiger partial charge in [-0.25, -0.2) is 0 Å². The van der Waals surface area contributed by atoms with Gasteiger partial charge in [0.2, 0.25) is 5.91 Å². The fourth-order valence-electron chi connectivity index (χ4n) is 1.67. The molecule has 116 valence electrons. The first-order chi connectivity index (χ1) is 9.82. The van der Waals surface area contributed by atoms with Crippen LogP contribution < -0.4 is 5.32 Å². The molecule has 0 aliphatic carbocycles. The number of esters is 1. The molecule has 1 amide bonds. The number of amides is 1. The Morgan fingerprint density at radius 1 is 1.29 bits per heavy atom. The van der Waals surface area contributed by atoms with Gasteiger partial charge in [-0.15, -0.1) is 0 Å². The largest absolute Gasteiger partial charge is 0.469 e. The summed E-state index contributed by atoms with van der Waals surface area (Å²) in [5.74, 6) is -0.763. The summed E-state index contributed by atoms with van der Waals surface area (Å²) in [6.07, 6.45) is -3.96. The lowest BCUT2D eigenvalue weighted by molar-refractivity contribution is -0.141. The Morgan fingerprint density at radius 2 is 2.00 bits per heavy atom. The van der Waals surface area contributed by atoms with Gasteiger partial charge in [0.1, 0.15) is 0 Å². The molecule has 0 spiro atoms. The third-order valence-electron chi connectivity index (χ3n) is 2.73. The summed E-state index contributed by atoms with van der Waals surface area (Å²) in [6, 6.07) is 4.64. The minimum atomic E-state index is -4.42. The van der Waals surface area contributed by atoms with Crippen molar-refractivity contribution in [1.82, 2.24) is 5.32 Å². The van der Waals surface area contributed by atoms with Gasteiger partial charge in [-0.3, -0.25) is 9.59 Å². The second-order valence-electron chi connectivity index (χ2n) is 4.40. The zero-order chi connectivity index (χ0) is 15.9. The van der Waals surface area contributed by atoms with Crippen molar-refractivity contribution >= 4 is 11.9 Å². The van der Waals surface area contributed by atoms with Crippen molar-refractivity contribution in [2.75, 3.05) is 13.7 Å². The van der Waals surface area contributed by atoms with Crippen molar-refractivity contribution in [2.24, 2.45) is 0 Å². The van der Waals surface area contributed by atoms with Crippen LogP contribution in [0.25, 0.3) is 0 Å². The Bertz CT molecular complexity index is 500. The fraction of sp³-hybridized carbons (Fsp3) is 0.429. The number of carbonyl (C=O) groups excluding carboxylic acids is 2. The van der Waals surface area contributed by atoms with E-state index in [0.717, 1.165) is 12.1 Å². The van der Waals surface area contributed by atoms with Crippen LogP contribution in [0.2, 0.25) is 0 Å².